The zero-order chi connectivity index (χ0) is 12.4. The van der Waals surface area contributed by atoms with Gasteiger partial charge in [-0.05, 0) is 29.8 Å². The third-order valence-corrected chi connectivity index (χ3v) is 3.28. The fourth-order valence-corrected chi connectivity index (χ4v) is 2.27. The van der Waals surface area contributed by atoms with Crippen LogP contribution in [0.4, 0.5) is 11.4 Å². The van der Waals surface area contributed by atoms with Gasteiger partial charge in [-0.1, -0.05) is 42.5 Å². The van der Waals surface area contributed by atoms with Gasteiger partial charge in [-0.3, -0.25) is 0 Å². The normalized spacial score (nSPS) is 17.4. The van der Waals surface area contributed by atoms with E-state index in [9.17, 15) is 0 Å². The predicted octanol–water partition coefficient (Wildman–Crippen LogP) is 3.59. The Labute approximate surface area is 108 Å². The number of fused-ring (bicyclic) bond motifs is 1. The smallest absolute Gasteiger partial charge is 0.118 e. The van der Waals surface area contributed by atoms with Gasteiger partial charge in [-0.15, -0.1) is 0 Å². The van der Waals surface area contributed by atoms with Crippen molar-refractivity contribution in [3.8, 4) is 0 Å². The molecular weight excluding hydrogens is 220 g/mol. The van der Waals surface area contributed by atoms with Crippen molar-refractivity contribution in [3.63, 3.8) is 0 Å². The summed E-state index contributed by atoms with van der Waals surface area (Å²) in [6, 6.07) is 18.7. The van der Waals surface area contributed by atoms with Crippen molar-refractivity contribution in [2.45, 2.75) is 6.17 Å². The Kier molecular flexibility index (Phi) is 2.77. The summed E-state index contributed by atoms with van der Waals surface area (Å²) in [6.45, 7) is 0. The molecule has 0 aromatic heterocycles. The standard InChI is InChI=1S/C16H16N2/c1-18-15-10-6-5-7-13(15)11-12-16(18)17-14-8-3-2-4-9-14/h2-12,16-17H,1H3. The van der Waals surface area contributed by atoms with Gasteiger partial charge in [0.25, 0.3) is 0 Å². The van der Waals surface area contributed by atoms with Crippen LogP contribution in [0.25, 0.3) is 6.08 Å². The molecule has 1 atom stereocenters. The van der Waals surface area contributed by atoms with E-state index < -0.39 is 0 Å². The van der Waals surface area contributed by atoms with Crippen LogP contribution in [0.15, 0.2) is 60.7 Å². The number of likely N-dealkylation sites (N-methyl/N-ethyl adjacent to an activating group) is 1. The van der Waals surface area contributed by atoms with Crippen molar-refractivity contribution < 1.29 is 0 Å². The highest BCUT2D eigenvalue weighted by molar-refractivity contribution is 5.73. The summed E-state index contributed by atoms with van der Waals surface area (Å²) >= 11 is 0. The molecule has 2 aromatic carbocycles. The molecule has 0 spiro atoms. The number of rotatable bonds is 2. The molecule has 2 heteroatoms. The highest BCUT2D eigenvalue weighted by atomic mass is 15.3. The van der Waals surface area contributed by atoms with Crippen molar-refractivity contribution in [1.29, 1.82) is 0 Å². The maximum atomic E-state index is 3.51. The van der Waals surface area contributed by atoms with Crippen molar-refractivity contribution in [2.75, 3.05) is 17.3 Å². The van der Waals surface area contributed by atoms with Gasteiger partial charge in [-0.2, -0.15) is 0 Å². The Morgan fingerprint density at radius 3 is 2.50 bits per heavy atom. The number of nitrogens with one attached hydrogen (secondary N) is 1. The molecule has 18 heavy (non-hydrogen) atoms. The summed E-state index contributed by atoms with van der Waals surface area (Å²) in [5.74, 6) is 0. The van der Waals surface area contributed by atoms with Gasteiger partial charge in [-0.25, -0.2) is 0 Å². The zero-order valence-corrected chi connectivity index (χ0v) is 10.4. The van der Waals surface area contributed by atoms with Crippen LogP contribution in [-0.4, -0.2) is 13.2 Å². The number of benzene rings is 2. The lowest BCUT2D eigenvalue weighted by Gasteiger charge is -2.33. The van der Waals surface area contributed by atoms with Crippen LogP contribution >= 0.6 is 0 Å². The van der Waals surface area contributed by atoms with E-state index in [1.807, 2.05) is 18.2 Å². The molecular formula is C16H16N2. The molecule has 1 aliphatic rings. The zero-order valence-electron chi connectivity index (χ0n) is 10.4. The fourth-order valence-electron chi connectivity index (χ4n) is 2.27. The lowest BCUT2D eigenvalue weighted by Crippen LogP contribution is -2.38. The first-order valence-electron chi connectivity index (χ1n) is 6.16. The Hall–Kier alpha value is -2.22. The minimum absolute atomic E-state index is 0.197. The second-order valence-corrected chi connectivity index (χ2v) is 4.48. The van der Waals surface area contributed by atoms with Crippen molar-refractivity contribution >= 4 is 17.5 Å². The van der Waals surface area contributed by atoms with Crippen molar-refractivity contribution in [1.82, 2.24) is 0 Å². The quantitative estimate of drug-likeness (QED) is 0.857. The Balaban J connectivity index is 1.85. The van der Waals surface area contributed by atoms with Gasteiger partial charge < -0.3 is 10.2 Å². The van der Waals surface area contributed by atoms with Crippen LogP contribution in [0.3, 0.4) is 0 Å². The van der Waals surface area contributed by atoms with Crippen LogP contribution in [0.5, 0.6) is 0 Å². The molecule has 1 heterocycles. The first kappa shape index (κ1) is 10.9. The minimum atomic E-state index is 0.197. The van der Waals surface area contributed by atoms with Crippen LogP contribution in [-0.2, 0) is 0 Å². The molecule has 90 valence electrons. The van der Waals surface area contributed by atoms with Crippen LogP contribution < -0.4 is 10.2 Å². The minimum Gasteiger partial charge on any atom is -0.362 e. The van der Waals surface area contributed by atoms with Gasteiger partial charge >= 0.3 is 0 Å². The highest BCUT2D eigenvalue weighted by Crippen LogP contribution is 2.27. The molecule has 1 N–H and O–H groups in total. The van der Waals surface area contributed by atoms with Crippen LogP contribution in [0, 0.1) is 0 Å². The summed E-state index contributed by atoms with van der Waals surface area (Å²) in [4.78, 5) is 2.25. The summed E-state index contributed by atoms with van der Waals surface area (Å²) in [5.41, 5.74) is 3.66. The Morgan fingerprint density at radius 1 is 0.944 bits per heavy atom. The Morgan fingerprint density at radius 2 is 1.67 bits per heavy atom. The summed E-state index contributed by atoms with van der Waals surface area (Å²) < 4.78 is 0. The third kappa shape index (κ3) is 1.97. The monoisotopic (exact) mass is 236 g/mol. The van der Waals surface area contributed by atoms with E-state index in [-0.39, 0.29) is 6.17 Å². The SMILES string of the molecule is CN1c2ccccc2C=CC1Nc1ccccc1. The number of hydrogen-bond acceptors (Lipinski definition) is 2. The second kappa shape index (κ2) is 4.57. The maximum absolute atomic E-state index is 3.51. The molecule has 1 aliphatic heterocycles. The predicted molar refractivity (Wildman–Crippen MR) is 77.7 cm³/mol. The van der Waals surface area contributed by atoms with E-state index in [0.29, 0.717) is 0 Å². The maximum Gasteiger partial charge on any atom is 0.118 e. The molecule has 0 saturated carbocycles. The molecule has 0 bridgehead atoms. The van der Waals surface area contributed by atoms with Crippen molar-refractivity contribution in [2.24, 2.45) is 0 Å². The highest BCUT2D eigenvalue weighted by Gasteiger charge is 2.17. The van der Waals surface area contributed by atoms with Gasteiger partial charge in [0.15, 0.2) is 0 Å². The van der Waals surface area contributed by atoms with Gasteiger partial charge in [0.2, 0.25) is 0 Å². The number of hydrogen-bond donors (Lipinski definition) is 1. The number of nitrogens with zero attached hydrogens (tertiary/aromatic N) is 1. The van der Waals surface area contributed by atoms with E-state index in [1.165, 1.54) is 11.3 Å². The lowest BCUT2D eigenvalue weighted by atomic mass is 10.1. The molecule has 0 saturated heterocycles. The van der Waals surface area contributed by atoms with E-state index in [2.05, 4.69) is 65.8 Å². The largest absolute Gasteiger partial charge is 0.362 e. The number of para-hydroxylation sites is 2. The molecule has 0 aliphatic carbocycles. The molecule has 0 amide bonds. The third-order valence-electron chi connectivity index (χ3n) is 3.28. The first-order valence-corrected chi connectivity index (χ1v) is 6.16. The van der Waals surface area contributed by atoms with E-state index in [4.69, 9.17) is 0 Å². The first-order chi connectivity index (χ1) is 8.84. The second-order valence-electron chi connectivity index (χ2n) is 4.48. The van der Waals surface area contributed by atoms with Crippen LogP contribution in [0.1, 0.15) is 5.56 Å². The number of anilines is 2. The van der Waals surface area contributed by atoms with E-state index in [1.54, 1.807) is 0 Å². The van der Waals surface area contributed by atoms with Crippen LogP contribution in [0.2, 0.25) is 0 Å². The van der Waals surface area contributed by atoms with Gasteiger partial charge in [0.05, 0.1) is 0 Å². The summed E-state index contributed by atoms with van der Waals surface area (Å²) in [6.07, 6.45) is 4.56. The van der Waals surface area contributed by atoms with Gasteiger partial charge in [0, 0.05) is 18.4 Å². The van der Waals surface area contributed by atoms with Gasteiger partial charge in [0.1, 0.15) is 6.17 Å². The molecule has 0 radical (unpaired) electrons. The lowest BCUT2D eigenvalue weighted by molar-refractivity contribution is 0.831. The summed E-state index contributed by atoms with van der Waals surface area (Å²) in [5, 5.41) is 3.51. The molecule has 0 fully saturated rings. The summed E-state index contributed by atoms with van der Waals surface area (Å²) in [7, 11) is 2.11. The molecule has 1 unspecified atom stereocenters. The average molecular weight is 236 g/mol. The van der Waals surface area contributed by atoms with E-state index in [0.717, 1.165) is 5.69 Å². The topological polar surface area (TPSA) is 15.3 Å². The fraction of sp³-hybridized carbons (Fsp3) is 0.125. The Bertz CT molecular complexity index is 560. The van der Waals surface area contributed by atoms with E-state index >= 15 is 0 Å². The molecule has 2 nitrogen and oxygen atoms in total. The average Bonchev–Trinajstić information content (AvgIpc) is 2.43. The molecule has 3 rings (SSSR count). The molecule has 2 aromatic rings. The van der Waals surface area contributed by atoms with Crippen molar-refractivity contribution in [3.05, 3.63) is 66.2 Å².